The number of rotatable bonds is 3. The Kier molecular flexibility index (Phi) is 2.82. The number of urea groups is 1. The van der Waals surface area contributed by atoms with Gasteiger partial charge in [0.1, 0.15) is 0 Å². The highest BCUT2D eigenvalue weighted by Gasteiger charge is 2.04. The molecule has 5 heteroatoms. The molecule has 4 nitrogen and oxygen atoms in total. The summed E-state index contributed by atoms with van der Waals surface area (Å²) in [6.45, 7) is 0. The number of nitrogens with two attached hydrogens (primary N) is 1. The fourth-order valence-corrected chi connectivity index (χ4v) is 1.59. The summed E-state index contributed by atoms with van der Waals surface area (Å²) in [6.07, 6.45) is 1.93. The third kappa shape index (κ3) is 2.06. The zero-order valence-electron chi connectivity index (χ0n) is 6.16. The number of nitrogens with one attached hydrogen (secondary N) is 1. The summed E-state index contributed by atoms with van der Waals surface area (Å²) in [5.41, 5.74) is 5.65. The van der Waals surface area contributed by atoms with E-state index >= 15 is 0 Å². The van der Waals surface area contributed by atoms with Crippen LogP contribution in [0, 0.1) is 0 Å². The maximum absolute atomic E-state index is 10.4. The summed E-state index contributed by atoms with van der Waals surface area (Å²) in [5, 5.41) is 4.81. The highest BCUT2D eigenvalue weighted by atomic mass is 32.1. The summed E-state index contributed by atoms with van der Waals surface area (Å²) < 4.78 is 0. The Balaban J connectivity index is 2.76. The number of carbonyl (C=O) groups is 1. The van der Waals surface area contributed by atoms with Gasteiger partial charge >= 0.3 is 6.03 Å². The van der Waals surface area contributed by atoms with Gasteiger partial charge in [-0.2, -0.15) is 0 Å². The van der Waals surface area contributed by atoms with Gasteiger partial charge in [0, 0.05) is 6.42 Å². The Morgan fingerprint density at radius 2 is 2.50 bits per heavy atom. The fourth-order valence-electron chi connectivity index (χ4n) is 0.774. The van der Waals surface area contributed by atoms with Crippen LogP contribution in [-0.4, -0.2) is 12.3 Å². The third-order valence-electron chi connectivity index (χ3n) is 1.25. The van der Waals surface area contributed by atoms with E-state index in [4.69, 9.17) is 5.73 Å². The summed E-state index contributed by atoms with van der Waals surface area (Å²) in [6, 6.07) is 1.13. The van der Waals surface area contributed by atoms with E-state index < -0.39 is 6.03 Å². The first-order chi connectivity index (χ1) is 5.74. The Hall–Kier alpha value is -1.36. The molecule has 1 aromatic heterocycles. The van der Waals surface area contributed by atoms with E-state index in [1.54, 1.807) is 17.7 Å². The molecule has 1 rings (SSSR count). The van der Waals surface area contributed by atoms with E-state index in [0.717, 1.165) is 5.56 Å². The van der Waals surface area contributed by atoms with E-state index in [1.165, 1.54) is 11.3 Å². The number of hydrogen-bond donors (Lipinski definition) is 2. The predicted octanol–water partition coefficient (Wildman–Crippen LogP) is 0.891. The second-order valence-corrected chi connectivity index (χ2v) is 3.00. The molecule has 0 aliphatic heterocycles. The van der Waals surface area contributed by atoms with Crippen molar-refractivity contribution < 1.29 is 9.59 Å². The number of anilines is 1. The van der Waals surface area contributed by atoms with Gasteiger partial charge in [-0.3, -0.25) is 10.1 Å². The summed E-state index contributed by atoms with van der Waals surface area (Å²) in [7, 11) is 0. The third-order valence-corrected chi connectivity index (χ3v) is 2.12. The van der Waals surface area contributed by atoms with Gasteiger partial charge in [-0.1, -0.05) is 0 Å². The van der Waals surface area contributed by atoms with Crippen LogP contribution in [0.25, 0.3) is 0 Å². The molecule has 0 atom stereocenters. The van der Waals surface area contributed by atoms with Crippen molar-refractivity contribution in [2.24, 2.45) is 5.73 Å². The van der Waals surface area contributed by atoms with Crippen LogP contribution in [0.2, 0.25) is 0 Å². The molecule has 0 bridgehead atoms. The van der Waals surface area contributed by atoms with Crippen molar-refractivity contribution in [2.75, 3.05) is 5.32 Å². The van der Waals surface area contributed by atoms with Gasteiger partial charge in [-0.25, -0.2) is 4.79 Å². The summed E-state index contributed by atoms with van der Waals surface area (Å²) >= 11 is 1.33. The van der Waals surface area contributed by atoms with Crippen molar-refractivity contribution in [3.63, 3.8) is 0 Å². The topological polar surface area (TPSA) is 72.2 Å². The van der Waals surface area contributed by atoms with E-state index in [9.17, 15) is 9.59 Å². The van der Waals surface area contributed by atoms with E-state index in [0.29, 0.717) is 5.00 Å². The Morgan fingerprint density at radius 1 is 1.75 bits per heavy atom. The second-order valence-electron chi connectivity index (χ2n) is 2.09. The number of thiophene rings is 1. The lowest BCUT2D eigenvalue weighted by atomic mass is 10.2. The lowest BCUT2D eigenvalue weighted by Crippen LogP contribution is -2.19. The lowest BCUT2D eigenvalue weighted by molar-refractivity contribution is 0.259. The minimum atomic E-state index is -0.621. The van der Waals surface area contributed by atoms with Crippen LogP contribution in [-0.2, 0) is 11.2 Å². The van der Waals surface area contributed by atoms with Gasteiger partial charge in [-0.15, -0.1) is 11.3 Å². The average molecular weight is 183 g/mol. The average Bonchev–Trinajstić information content (AvgIpc) is 2.37. The highest BCUT2D eigenvalue weighted by Crippen LogP contribution is 2.22. The molecule has 63 valence electrons. The molecule has 0 aromatic carbocycles. The van der Waals surface area contributed by atoms with Crippen molar-refractivity contribution in [1.29, 1.82) is 0 Å². The molecule has 0 unspecified atom stereocenters. The molecule has 12 heavy (non-hydrogen) atoms. The minimum Gasteiger partial charge on any atom is -0.351 e. The molecule has 0 fully saturated rings. The van der Waals surface area contributed by atoms with Crippen molar-refractivity contribution in [3.05, 3.63) is 17.0 Å². The number of carbonyl (C=O) groups excluding carboxylic acids is 2. The molecule has 0 saturated carbocycles. The molecule has 0 aliphatic rings. The SMILES string of the molecule is NC(=O)Nc1sccc1C[C]=O. The van der Waals surface area contributed by atoms with Crippen molar-refractivity contribution in [3.8, 4) is 0 Å². The van der Waals surface area contributed by atoms with Crippen LogP contribution in [0.1, 0.15) is 5.56 Å². The van der Waals surface area contributed by atoms with Crippen LogP contribution in [0.3, 0.4) is 0 Å². The Labute approximate surface area is 73.4 Å². The van der Waals surface area contributed by atoms with Crippen LogP contribution < -0.4 is 11.1 Å². The molecule has 1 heterocycles. The largest absolute Gasteiger partial charge is 0.351 e. The smallest absolute Gasteiger partial charge is 0.317 e. The lowest BCUT2D eigenvalue weighted by Gasteiger charge is -1.98. The number of amides is 2. The molecule has 3 N–H and O–H groups in total. The standard InChI is InChI=1S/C7H7N2O2S/c8-7(11)9-6-5(1-3-10)2-4-12-6/h2,4H,1H2,(H3,8,9,11). The van der Waals surface area contributed by atoms with Crippen molar-refractivity contribution in [2.45, 2.75) is 6.42 Å². The minimum absolute atomic E-state index is 0.180. The number of primary amides is 1. The van der Waals surface area contributed by atoms with Crippen molar-refractivity contribution >= 4 is 28.7 Å². The van der Waals surface area contributed by atoms with Gasteiger partial charge in [0.25, 0.3) is 0 Å². The zero-order valence-corrected chi connectivity index (χ0v) is 6.98. The van der Waals surface area contributed by atoms with E-state index in [2.05, 4.69) is 5.32 Å². The predicted molar refractivity (Wildman–Crippen MR) is 46.9 cm³/mol. The van der Waals surface area contributed by atoms with Gasteiger partial charge in [0.05, 0.1) is 5.00 Å². The van der Waals surface area contributed by atoms with Crippen LogP contribution in [0.5, 0.6) is 0 Å². The van der Waals surface area contributed by atoms with Gasteiger partial charge in [0.15, 0.2) is 0 Å². The van der Waals surface area contributed by atoms with E-state index in [-0.39, 0.29) is 6.42 Å². The first-order valence-corrected chi connectivity index (χ1v) is 4.10. The Bertz CT molecular complexity index is 295. The Morgan fingerprint density at radius 3 is 3.08 bits per heavy atom. The molecule has 0 saturated heterocycles. The zero-order chi connectivity index (χ0) is 8.97. The molecule has 1 aromatic rings. The molecule has 1 radical (unpaired) electrons. The quantitative estimate of drug-likeness (QED) is 0.730. The maximum Gasteiger partial charge on any atom is 0.317 e. The molecular weight excluding hydrogens is 176 g/mol. The first kappa shape index (κ1) is 8.73. The fraction of sp³-hybridized carbons (Fsp3) is 0.143. The molecule has 2 amide bonds. The van der Waals surface area contributed by atoms with E-state index in [1.807, 2.05) is 0 Å². The monoisotopic (exact) mass is 183 g/mol. The summed E-state index contributed by atoms with van der Waals surface area (Å²) in [4.78, 5) is 20.5. The first-order valence-electron chi connectivity index (χ1n) is 3.22. The maximum atomic E-state index is 10.4. The van der Waals surface area contributed by atoms with Crippen LogP contribution >= 0.6 is 11.3 Å². The van der Waals surface area contributed by atoms with Gasteiger partial charge in [-0.05, 0) is 17.0 Å². The van der Waals surface area contributed by atoms with Crippen LogP contribution in [0.4, 0.5) is 9.80 Å². The summed E-state index contributed by atoms with van der Waals surface area (Å²) in [5.74, 6) is 0. The van der Waals surface area contributed by atoms with Gasteiger partial charge in [0.2, 0.25) is 6.29 Å². The number of hydrogen-bond acceptors (Lipinski definition) is 3. The highest BCUT2D eigenvalue weighted by molar-refractivity contribution is 7.14. The second kappa shape index (κ2) is 3.87. The normalized spacial score (nSPS) is 9.33. The van der Waals surface area contributed by atoms with Gasteiger partial charge < -0.3 is 5.73 Å². The molecular formula is C7H7N2O2S. The van der Waals surface area contributed by atoms with Crippen molar-refractivity contribution in [1.82, 2.24) is 0 Å². The van der Waals surface area contributed by atoms with Crippen LogP contribution in [0.15, 0.2) is 11.4 Å². The molecule has 0 aliphatic carbocycles. The molecule has 0 spiro atoms.